The van der Waals surface area contributed by atoms with Crippen LogP contribution in [0.25, 0.3) is 0 Å². The van der Waals surface area contributed by atoms with Gasteiger partial charge >= 0.3 is 0 Å². The Labute approximate surface area is 99.0 Å². The van der Waals surface area contributed by atoms with Gasteiger partial charge in [0.15, 0.2) is 0 Å². The van der Waals surface area contributed by atoms with Crippen LogP contribution in [0.2, 0.25) is 5.02 Å². The van der Waals surface area contributed by atoms with Gasteiger partial charge in [-0.15, -0.1) is 0 Å². The first kappa shape index (κ1) is 12.8. The van der Waals surface area contributed by atoms with Crippen molar-refractivity contribution in [1.82, 2.24) is 5.32 Å². The summed E-state index contributed by atoms with van der Waals surface area (Å²) in [7, 11) is 0. The summed E-state index contributed by atoms with van der Waals surface area (Å²) in [6.07, 6.45) is 0.892. The van der Waals surface area contributed by atoms with E-state index in [1.54, 1.807) is 0 Å². The number of halogens is 2. The summed E-state index contributed by atoms with van der Waals surface area (Å²) in [6.45, 7) is 2.76. The molecule has 0 aliphatic rings. The number of amides is 1. The van der Waals surface area contributed by atoms with Crippen molar-refractivity contribution >= 4 is 23.2 Å². The summed E-state index contributed by atoms with van der Waals surface area (Å²) in [5, 5.41) is 5.82. The van der Waals surface area contributed by atoms with Gasteiger partial charge < -0.3 is 10.6 Å². The fourth-order valence-electron chi connectivity index (χ4n) is 1.14. The zero-order valence-electron chi connectivity index (χ0n) is 9.02. The van der Waals surface area contributed by atoms with Crippen LogP contribution in [0.5, 0.6) is 0 Å². The molecule has 16 heavy (non-hydrogen) atoms. The molecule has 0 aliphatic heterocycles. The maximum Gasteiger partial charge on any atom is 0.239 e. The Balaban J connectivity index is 2.45. The SMILES string of the molecule is CCCNC(=O)CNc1ccc(F)cc1Cl. The van der Waals surface area contributed by atoms with Gasteiger partial charge in [-0.2, -0.15) is 0 Å². The molecule has 0 saturated heterocycles. The van der Waals surface area contributed by atoms with Crippen LogP contribution in [-0.4, -0.2) is 19.0 Å². The van der Waals surface area contributed by atoms with Gasteiger partial charge in [-0.25, -0.2) is 4.39 Å². The number of carbonyl (C=O) groups excluding carboxylic acids is 1. The Bertz CT molecular complexity index is 371. The van der Waals surface area contributed by atoms with Gasteiger partial charge in [-0.1, -0.05) is 18.5 Å². The Kier molecular flexibility index (Phi) is 5.05. The highest BCUT2D eigenvalue weighted by Gasteiger charge is 2.04. The largest absolute Gasteiger partial charge is 0.375 e. The number of anilines is 1. The number of nitrogens with one attached hydrogen (secondary N) is 2. The molecular weight excluding hydrogens is 231 g/mol. The minimum absolute atomic E-state index is 0.109. The summed E-state index contributed by atoms with van der Waals surface area (Å²) >= 11 is 5.78. The van der Waals surface area contributed by atoms with Crippen LogP contribution in [0, 0.1) is 5.82 Å². The van der Waals surface area contributed by atoms with E-state index in [-0.39, 0.29) is 17.5 Å². The number of rotatable bonds is 5. The third kappa shape index (κ3) is 4.06. The molecule has 0 fully saturated rings. The third-order valence-corrected chi connectivity index (χ3v) is 2.26. The second-order valence-corrected chi connectivity index (χ2v) is 3.73. The average molecular weight is 245 g/mol. The average Bonchev–Trinajstić information content (AvgIpc) is 2.25. The van der Waals surface area contributed by atoms with Gasteiger partial charge in [0.05, 0.1) is 17.3 Å². The van der Waals surface area contributed by atoms with E-state index in [0.717, 1.165) is 6.42 Å². The van der Waals surface area contributed by atoms with Gasteiger partial charge in [0.1, 0.15) is 5.82 Å². The van der Waals surface area contributed by atoms with Crippen LogP contribution in [0.4, 0.5) is 10.1 Å². The molecule has 2 N–H and O–H groups in total. The lowest BCUT2D eigenvalue weighted by Gasteiger charge is -2.08. The number of carbonyl (C=O) groups is 1. The third-order valence-electron chi connectivity index (χ3n) is 1.94. The van der Waals surface area contributed by atoms with Crippen LogP contribution in [0.3, 0.4) is 0 Å². The standard InChI is InChI=1S/C11H14ClFN2O/c1-2-5-14-11(16)7-15-10-4-3-8(13)6-9(10)12/h3-4,6,15H,2,5,7H2,1H3,(H,14,16). The zero-order chi connectivity index (χ0) is 12.0. The molecule has 1 amide bonds. The topological polar surface area (TPSA) is 41.1 Å². The molecule has 0 spiro atoms. The summed E-state index contributed by atoms with van der Waals surface area (Å²) in [6, 6.07) is 4.00. The quantitative estimate of drug-likeness (QED) is 0.835. The van der Waals surface area contributed by atoms with E-state index >= 15 is 0 Å². The Hall–Kier alpha value is -1.29. The molecule has 1 rings (SSSR count). The molecule has 0 unspecified atom stereocenters. The molecule has 5 heteroatoms. The van der Waals surface area contributed by atoms with Crippen molar-refractivity contribution in [2.45, 2.75) is 13.3 Å². The molecule has 0 heterocycles. The molecule has 0 saturated carbocycles. The van der Waals surface area contributed by atoms with Crippen molar-refractivity contribution in [2.75, 3.05) is 18.4 Å². The minimum Gasteiger partial charge on any atom is -0.375 e. The maximum atomic E-state index is 12.7. The first-order valence-corrected chi connectivity index (χ1v) is 5.47. The fourth-order valence-corrected chi connectivity index (χ4v) is 1.37. The number of benzene rings is 1. The van der Waals surface area contributed by atoms with Crippen LogP contribution in [0.15, 0.2) is 18.2 Å². The Morgan fingerprint density at radius 3 is 2.88 bits per heavy atom. The van der Waals surface area contributed by atoms with E-state index in [1.165, 1.54) is 18.2 Å². The zero-order valence-corrected chi connectivity index (χ0v) is 9.77. The van der Waals surface area contributed by atoms with Gasteiger partial charge in [-0.3, -0.25) is 4.79 Å². The predicted molar refractivity (Wildman–Crippen MR) is 63.2 cm³/mol. The molecule has 88 valence electrons. The first-order chi connectivity index (χ1) is 7.63. The summed E-state index contributed by atoms with van der Waals surface area (Å²) in [5.74, 6) is -0.506. The van der Waals surface area contributed by atoms with Crippen molar-refractivity contribution < 1.29 is 9.18 Å². The maximum absolute atomic E-state index is 12.7. The monoisotopic (exact) mass is 244 g/mol. The molecule has 0 aromatic heterocycles. The smallest absolute Gasteiger partial charge is 0.239 e. The second kappa shape index (κ2) is 6.33. The molecule has 0 radical (unpaired) electrons. The highest BCUT2D eigenvalue weighted by atomic mass is 35.5. The van der Waals surface area contributed by atoms with Crippen molar-refractivity contribution in [1.29, 1.82) is 0 Å². The van der Waals surface area contributed by atoms with Crippen molar-refractivity contribution in [3.63, 3.8) is 0 Å². The highest BCUT2D eigenvalue weighted by Crippen LogP contribution is 2.21. The van der Waals surface area contributed by atoms with Crippen LogP contribution in [-0.2, 0) is 4.79 Å². The summed E-state index contributed by atoms with van der Waals surface area (Å²) in [4.78, 5) is 11.3. The van der Waals surface area contributed by atoms with Crippen LogP contribution in [0.1, 0.15) is 13.3 Å². The normalized spacial score (nSPS) is 9.94. The molecule has 0 aliphatic carbocycles. The van der Waals surface area contributed by atoms with E-state index in [1.807, 2.05) is 6.92 Å². The predicted octanol–water partition coefficient (Wildman–Crippen LogP) is 2.42. The number of hydrogen-bond acceptors (Lipinski definition) is 2. The Morgan fingerprint density at radius 2 is 2.25 bits per heavy atom. The molecular formula is C11H14ClFN2O. The van der Waals surface area contributed by atoms with Crippen molar-refractivity contribution in [2.24, 2.45) is 0 Å². The lowest BCUT2D eigenvalue weighted by atomic mass is 10.3. The van der Waals surface area contributed by atoms with E-state index in [4.69, 9.17) is 11.6 Å². The number of hydrogen-bond donors (Lipinski definition) is 2. The molecule has 0 bridgehead atoms. The molecule has 1 aromatic carbocycles. The lowest BCUT2D eigenvalue weighted by molar-refractivity contribution is -0.119. The summed E-state index contributed by atoms with van der Waals surface area (Å²) < 4.78 is 12.7. The van der Waals surface area contributed by atoms with E-state index in [9.17, 15) is 9.18 Å². The van der Waals surface area contributed by atoms with Gasteiger partial charge in [-0.05, 0) is 24.6 Å². The van der Waals surface area contributed by atoms with Crippen molar-refractivity contribution in [3.05, 3.63) is 29.0 Å². The van der Waals surface area contributed by atoms with E-state index < -0.39 is 5.82 Å². The van der Waals surface area contributed by atoms with Gasteiger partial charge in [0, 0.05) is 6.54 Å². The van der Waals surface area contributed by atoms with Gasteiger partial charge in [0.2, 0.25) is 5.91 Å². The van der Waals surface area contributed by atoms with E-state index in [2.05, 4.69) is 10.6 Å². The second-order valence-electron chi connectivity index (χ2n) is 3.33. The van der Waals surface area contributed by atoms with Crippen LogP contribution < -0.4 is 10.6 Å². The van der Waals surface area contributed by atoms with E-state index in [0.29, 0.717) is 12.2 Å². The molecule has 3 nitrogen and oxygen atoms in total. The summed E-state index contributed by atoms with van der Waals surface area (Å²) in [5.41, 5.74) is 0.551. The highest BCUT2D eigenvalue weighted by molar-refractivity contribution is 6.33. The lowest BCUT2D eigenvalue weighted by Crippen LogP contribution is -2.30. The Morgan fingerprint density at radius 1 is 1.50 bits per heavy atom. The fraction of sp³-hybridized carbons (Fsp3) is 0.364. The van der Waals surface area contributed by atoms with Crippen LogP contribution >= 0.6 is 11.6 Å². The molecule has 1 aromatic rings. The molecule has 0 atom stereocenters. The van der Waals surface area contributed by atoms with Crippen molar-refractivity contribution in [3.8, 4) is 0 Å². The first-order valence-electron chi connectivity index (χ1n) is 5.09. The van der Waals surface area contributed by atoms with Gasteiger partial charge in [0.25, 0.3) is 0 Å². The minimum atomic E-state index is -0.397.